The molecule has 150 valence electrons. The number of rotatable bonds is 8. The Morgan fingerprint density at radius 3 is 2.69 bits per heavy atom. The van der Waals surface area contributed by atoms with E-state index in [1.807, 2.05) is 75.6 Å². The molecule has 7 nitrogen and oxygen atoms in total. The summed E-state index contributed by atoms with van der Waals surface area (Å²) < 4.78 is 5.84. The monoisotopic (exact) mass is 390 g/mol. The van der Waals surface area contributed by atoms with Crippen LogP contribution in [0, 0.1) is 6.92 Å². The second-order valence-corrected chi connectivity index (χ2v) is 6.81. The molecule has 0 fully saturated rings. The summed E-state index contributed by atoms with van der Waals surface area (Å²) in [7, 11) is 4.01. The number of likely N-dealkylation sites (N-methyl/N-ethyl adjacent to an activating group) is 1. The number of nitrogens with one attached hydrogen (secondary N) is 1. The second kappa shape index (κ2) is 9.77. The minimum absolute atomic E-state index is 0.0333. The first-order valence-corrected chi connectivity index (χ1v) is 9.39. The van der Waals surface area contributed by atoms with Crippen molar-refractivity contribution < 1.29 is 4.74 Å². The predicted molar refractivity (Wildman–Crippen MR) is 115 cm³/mol. The number of hydrogen-bond acceptors (Lipinski definition) is 7. The zero-order chi connectivity index (χ0) is 20.6. The van der Waals surface area contributed by atoms with E-state index in [4.69, 9.17) is 15.5 Å². The van der Waals surface area contributed by atoms with Gasteiger partial charge in [0.15, 0.2) is 0 Å². The molecule has 3 rings (SSSR count). The fraction of sp³-hybridized carbons (Fsp3) is 0.227. The predicted octanol–water partition coefficient (Wildman–Crippen LogP) is 3.83. The molecule has 2 aromatic heterocycles. The molecule has 0 bridgehead atoms. The van der Waals surface area contributed by atoms with Gasteiger partial charge >= 0.3 is 0 Å². The van der Waals surface area contributed by atoms with Crippen molar-refractivity contribution in [2.24, 2.45) is 5.73 Å². The summed E-state index contributed by atoms with van der Waals surface area (Å²) in [5, 5.41) is 3.22. The van der Waals surface area contributed by atoms with Crippen molar-refractivity contribution in [3.05, 3.63) is 78.3 Å². The molecule has 0 saturated heterocycles. The quantitative estimate of drug-likeness (QED) is 0.565. The number of nitrogens with two attached hydrogens (primary N) is 1. The van der Waals surface area contributed by atoms with E-state index in [0.717, 1.165) is 17.0 Å². The van der Waals surface area contributed by atoms with Gasteiger partial charge in [-0.25, -0.2) is 15.0 Å². The van der Waals surface area contributed by atoms with Crippen LogP contribution in [0.5, 0.6) is 11.6 Å². The SMILES string of the molecule is Cc1cccc(Oc2cc(Nc3cccc(C(/C=C/CN)N(C)C)n3)ncn2)c1. The maximum absolute atomic E-state index is 5.84. The van der Waals surface area contributed by atoms with Gasteiger partial charge in [0.05, 0.1) is 11.7 Å². The normalized spacial score (nSPS) is 12.3. The number of pyridine rings is 1. The number of hydrogen-bond donors (Lipinski definition) is 2. The lowest BCUT2D eigenvalue weighted by atomic mass is 10.1. The average molecular weight is 390 g/mol. The second-order valence-electron chi connectivity index (χ2n) is 6.81. The Balaban J connectivity index is 1.77. The van der Waals surface area contributed by atoms with Crippen molar-refractivity contribution in [1.82, 2.24) is 19.9 Å². The zero-order valence-electron chi connectivity index (χ0n) is 16.9. The van der Waals surface area contributed by atoms with E-state index in [1.54, 1.807) is 6.07 Å². The van der Waals surface area contributed by atoms with Crippen molar-refractivity contribution in [1.29, 1.82) is 0 Å². The summed E-state index contributed by atoms with van der Waals surface area (Å²) in [6.45, 7) is 2.51. The van der Waals surface area contributed by atoms with Gasteiger partial charge in [0.2, 0.25) is 5.88 Å². The van der Waals surface area contributed by atoms with Crippen molar-refractivity contribution in [2.75, 3.05) is 26.0 Å². The molecule has 0 aliphatic heterocycles. The highest BCUT2D eigenvalue weighted by molar-refractivity contribution is 5.53. The molecular formula is C22H26N6O. The van der Waals surface area contributed by atoms with E-state index in [0.29, 0.717) is 24.1 Å². The van der Waals surface area contributed by atoms with Crippen LogP contribution in [0.15, 0.2) is 67.0 Å². The van der Waals surface area contributed by atoms with Crippen LogP contribution < -0.4 is 15.8 Å². The van der Waals surface area contributed by atoms with E-state index in [-0.39, 0.29) is 6.04 Å². The molecule has 1 aromatic carbocycles. The highest BCUT2D eigenvalue weighted by atomic mass is 16.5. The molecule has 3 aromatic rings. The fourth-order valence-corrected chi connectivity index (χ4v) is 2.82. The van der Waals surface area contributed by atoms with Crippen LogP contribution in [-0.4, -0.2) is 40.5 Å². The first kappa shape index (κ1) is 20.4. The van der Waals surface area contributed by atoms with E-state index >= 15 is 0 Å². The van der Waals surface area contributed by atoms with Gasteiger partial charge in [0.25, 0.3) is 0 Å². The van der Waals surface area contributed by atoms with E-state index < -0.39 is 0 Å². The Hall–Kier alpha value is -3.29. The van der Waals surface area contributed by atoms with Gasteiger partial charge in [-0.1, -0.05) is 30.4 Å². The largest absolute Gasteiger partial charge is 0.439 e. The summed E-state index contributed by atoms with van der Waals surface area (Å²) in [5.74, 6) is 2.48. The number of benzene rings is 1. The van der Waals surface area contributed by atoms with E-state index in [1.165, 1.54) is 6.33 Å². The number of aromatic nitrogens is 3. The van der Waals surface area contributed by atoms with Crippen LogP contribution >= 0.6 is 0 Å². The average Bonchev–Trinajstić information content (AvgIpc) is 2.69. The molecule has 0 amide bonds. The molecule has 1 atom stereocenters. The van der Waals surface area contributed by atoms with Crippen molar-refractivity contribution in [3.63, 3.8) is 0 Å². The molecule has 0 spiro atoms. The number of ether oxygens (including phenoxy) is 1. The van der Waals surface area contributed by atoms with Gasteiger partial charge in [0, 0.05) is 12.6 Å². The molecule has 0 saturated carbocycles. The van der Waals surface area contributed by atoms with Crippen LogP contribution in [0.1, 0.15) is 17.3 Å². The molecule has 0 aliphatic rings. The summed E-state index contributed by atoms with van der Waals surface area (Å²) >= 11 is 0. The Bertz CT molecular complexity index is 973. The first-order chi connectivity index (χ1) is 14.0. The number of aryl methyl sites for hydroxylation is 1. The van der Waals surface area contributed by atoms with Crippen LogP contribution in [0.2, 0.25) is 0 Å². The summed E-state index contributed by atoms with van der Waals surface area (Å²) in [6.07, 6.45) is 5.44. The lowest BCUT2D eigenvalue weighted by Crippen LogP contribution is -2.19. The highest BCUT2D eigenvalue weighted by Crippen LogP contribution is 2.24. The van der Waals surface area contributed by atoms with Gasteiger partial charge in [-0.15, -0.1) is 0 Å². The fourth-order valence-electron chi connectivity index (χ4n) is 2.82. The molecule has 2 heterocycles. The Kier molecular flexibility index (Phi) is 6.89. The Labute approximate surface area is 171 Å². The number of nitrogens with zero attached hydrogens (tertiary/aromatic N) is 4. The summed E-state index contributed by atoms with van der Waals surface area (Å²) in [5.41, 5.74) is 7.63. The van der Waals surface area contributed by atoms with Crippen LogP contribution in [0.4, 0.5) is 11.6 Å². The topological polar surface area (TPSA) is 89.2 Å². The summed E-state index contributed by atoms with van der Waals surface area (Å²) in [4.78, 5) is 15.3. The molecule has 29 heavy (non-hydrogen) atoms. The maximum Gasteiger partial charge on any atom is 0.224 e. The first-order valence-electron chi connectivity index (χ1n) is 9.39. The lowest BCUT2D eigenvalue weighted by Gasteiger charge is -2.21. The molecule has 0 radical (unpaired) electrons. The van der Waals surface area contributed by atoms with Gasteiger partial charge in [-0.3, -0.25) is 4.90 Å². The van der Waals surface area contributed by atoms with Gasteiger partial charge in [-0.2, -0.15) is 0 Å². The van der Waals surface area contributed by atoms with E-state index in [2.05, 4.69) is 20.2 Å². The molecule has 1 unspecified atom stereocenters. The molecular weight excluding hydrogens is 364 g/mol. The standard InChI is InChI=1S/C22H26N6O/c1-16-7-4-8-17(13-16)29-22-14-21(24-15-25-22)27-20-11-5-9-18(26-20)19(28(2)3)10-6-12-23/h4-11,13-15,19H,12,23H2,1-3H3,(H,24,25,26,27)/b10-6+. The third-order valence-corrected chi connectivity index (χ3v) is 4.19. The zero-order valence-corrected chi connectivity index (χ0v) is 16.9. The van der Waals surface area contributed by atoms with Crippen LogP contribution in [-0.2, 0) is 0 Å². The van der Waals surface area contributed by atoms with Gasteiger partial charge in [-0.05, 0) is 50.8 Å². The molecule has 0 aliphatic carbocycles. The van der Waals surface area contributed by atoms with Crippen LogP contribution in [0.3, 0.4) is 0 Å². The molecule has 3 N–H and O–H groups in total. The third kappa shape index (κ3) is 5.84. The van der Waals surface area contributed by atoms with E-state index in [9.17, 15) is 0 Å². The highest BCUT2D eigenvalue weighted by Gasteiger charge is 2.13. The minimum Gasteiger partial charge on any atom is -0.439 e. The smallest absolute Gasteiger partial charge is 0.224 e. The minimum atomic E-state index is 0.0333. The van der Waals surface area contributed by atoms with Crippen molar-refractivity contribution in [3.8, 4) is 11.6 Å². The van der Waals surface area contributed by atoms with Crippen LogP contribution in [0.25, 0.3) is 0 Å². The Morgan fingerprint density at radius 1 is 1.10 bits per heavy atom. The van der Waals surface area contributed by atoms with Crippen molar-refractivity contribution >= 4 is 11.6 Å². The Morgan fingerprint density at radius 2 is 1.93 bits per heavy atom. The lowest BCUT2D eigenvalue weighted by molar-refractivity contribution is 0.345. The molecule has 7 heteroatoms. The van der Waals surface area contributed by atoms with Crippen molar-refractivity contribution in [2.45, 2.75) is 13.0 Å². The maximum atomic E-state index is 5.84. The third-order valence-electron chi connectivity index (χ3n) is 4.19. The van der Waals surface area contributed by atoms with Gasteiger partial charge < -0.3 is 15.8 Å². The summed E-state index contributed by atoms with van der Waals surface area (Å²) in [6, 6.07) is 15.4. The number of anilines is 2. The van der Waals surface area contributed by atoms with Gasteiger partial charge in [0.1, 0.15) is 23.7 Å².